The van der Waals surface area contributed by atoms with Gasteiger partial charge in [-0.15, -0.1) is 5.10 Å². The third-order valence-corrected chi connectivity index (χ3v) is 3.59. The van der Waals surface area contributed by atoms with Crippen LogP contribution in [-0.2, 0) is 11.3 Å². The summed E-state index contributed by atoms with van der Waals surface area (Å²) >= 11 is 4.76. The summed E-state index contributed by atoms with van der Waals surface area (Å²) < 4.78 is 11.6. The Balaban J connectivity index is 2.32. The minimum absolute atomic E-state index is 0.252. The summed E-state index contributed by atoms with van der Waals surface area (Å²) in [5, 5.41) is 10.2. The zero-order chi connectivity index (χ0) is 13.0. The van der Waals surface area contributed by atoms with Crippen LogP contribution in [0, 0.1) is 0 Å². The molecule has 0 radical (unpaired) electrons. The van der Waals surface area contributed by atoms with Crippen LogP contribution < -0.4 is 11.3 Å². The SMILES string of the molecule is COCCn1ncc(Br)c1C(NN)c1csnn1. The average Bonchev–Trinajstić information content (AvgIpc) is 3.00. The van der Waals surface area contributed by atoms with Crippen LogP contribution in [0.2, 0.25) is 0 Å². The van der Waals surface area contributed by atoms with E-state index in [1.54, 1.807) is 13.3 Å². The van der Waals surface area contributed by atoms with Gasteiger partial charge in [0, 0.05) is 12.5 Å². The molecule has 0 fully saturated rings. The van der Waals surface area contributed by atoms with Crippen molar-refractivity contribution in [2.75, 3.05) is 13.7 Å². The van der Waals surface area contributed by atoms with Gasteiger partial charge in [0.1, 0.15) is 6.04 Å². The van der Waals surface area contributed by atoms with E-state index in [1.165, 1.54) is 11.5 Å². The van der Waals surface area contributed by atoms with Crippen LogP contribution in [0.1, 0.15) is 17.4 Å². The molecule has 1 atom stereocenters. The van der Waals surface area contributed by atoms with Crippen molar-refractivity contribution in [2.24, 2.45) is 5.84 Å². The van der Waals surface area contributed by atoms with Crippen LogP contribution in [0.15, 0.2) is 16.0 Å². The standard InChI is InChI=1S/C9H13BrN6OS/c1-17-3-2-16-9(6(10)4-12-16)8(13-11)7-5-18-15-14-7/h4-5,8,13H,2-3,11H2,1H3. The number of ether oxygens (including phenoxy) is 1. The number of aromatic nitrogens is 4. The summed E-state index contributed by atoms with van der Waals surface area (Å²) in [6, 6.07) is -0.252. The molecule has 0 aromatic carbocycles. The van der Waals surface area contributed by atoms with Crippen molar-refractivity contribution in [3.05, 3.63) is 27.4 Å². The van der Waals surface area contributed by atoms with Crippen molar-refractivity contribution in [1.82, 2.24) is 24.8 Å². The van der Waals surface area contributed by atoms with E-state index in [0.717, 1.165) is 15.9 Å². The zero-order valence-electron chi connectivity index (χ0n) is 9.71. The Morgan fingerprint density at radius 2 is 2.50 bits per heavy atom. The predicted octanol–water partition coefficient (Wildman–Crippen LogP) is 0.696. The van der Waals surface area contributed by atoms with Gasteiger partial charge in [0.25, 0.3) is 0 Å². The highest BCUT2D eigenvalue weighted by molar-refractivity contribution is 9.10. The first kappa shape index (κ1) is 13.6. The van der Waals surface area contributed by atoms with Crippen LogP contribution in [0.4, 0.5) is 0 Å². The largest absolute Gasteiger partial charge is 0.383 e. The van der Waals surface area contributed by atoms with Crippen molar-refractivity contribution in [3.63, 3.8) is 0 Å². The fourth-order valence-electron chi connectivity index (χ4n) is 1.62. The molecule has 0 spiro atoms. The third-order valence-electron chi connectivity index (χ3n) is 2.45. The molecule has 1 unspecified atom stereocenters. The van der Waals surface area contributed by atoms with E-state index in [4.69, 9.17) is 10.6 Å². The number of hydrogen-bond donors (Lipinski definition) is 2. The maximum absolute atomic E-state index is 5.62. The van der Waals surface area contributed by atoms with E-state index in [9.17, 15) is 0 Å². The molecule has 7 nitrogen and oxygen atoms in total. The number of hydrazine groups is 1. The summed E-state index contributed by atoms with van der Waals surface area (Å²) in [5.74, 6) is 5.62. The topological polar surface area (TPSA) is 90.9 Å². The number of halogens is 1. The minimum Gasteiger partial charge on any atom is -0.383 e. The Morgan fingerprint density at radius 3 is 3.11 bits per heavy atom. The van der Waals surface area contributed by atoms with E-state index in [-0.39, 0.29) is 6.04 Å². The van der Waals surface area contributed by atoms with Gasteiger partial charge < -0.3 is 4.74 Å². The third kappa shape index (κ3) is 2.75. The first-order valence-electron chi connectivity index (χ1n) is 5.21. The molecule has 0 saturated heterocycles. The number of nitrogens with one attached hydrogen (secondary N) is 1. The van der Waals surface area contributed by atoms with Crippen LogP contribution in [-0.4, -0.2) is 33.1 Å². The van der Waals surface area contributed by atoms with Crippen molar-refractivity contribution in [2.45, 2.75) is 12.6 Å². The first-order valence-corrected chi connectivity index (χ1v) is 6.84. The molecule has 2 aromatic rings. The highest BCUT2D eigenvalue weighted by Gasteiger charge is 2.22. The zero-order valence-corrected chi connectivity index (χ0v) is 12.1. The normalized spacial score (nSPS) is 12.8. The number of hydrogen-bond acceptors (Lipinski definition) is 7. The number of methoxy groups -OCH3 is 1. The van der Waals surface area contributed by atoms with Crippen LogP contribution in [0.3, 0.4) is 0 Å². The molecule has 0 aliphatic heterocycles. The lowest BCUT2D eigenvalue weighted by Gasteiger charge is -2.16. The highest BCUT2D eigenvalue weighted by atomic mass is 79.9. The summed E-state index contributed by atoms with van der Waals surface area (Å²) in [4.78, 5) is 0. The smallest absolute Gasteiger partial charge is 0.109 e. The Labute approximate surface area is 117 Å². The van der Waals surface area contributed by atoms with Crippen LogP contribution in [0.25, 0.3) is 0 Å². The van der Waals surface area contributed by atoms with Crippen molar-refractivity contribution >= 4 is 27.5 Å². The Kier molecular flexibility index (Phi) is 4.78. The second-order valence-electron chi connectivity index (χ2n) is 3.52. The molecule has 0 amide bonds. The fraction of sp³-hybridized carbons (Fsp3) is 0.444. The molecular formula is C9H13BrN6OS. The van der Waals surface area contributed by atoms with E-state index in [2.05, 4.69) is 36.0 Å². The monoisotopic (exact) mass is 332 g/mol. The van der Waals surface area contributed by atoms with Gasteiger partial charge in [-0.25, -0.2) is 5.43 Å². The van der Waals surface area contributed by atoms with E-state index in [0.29, 0.717) is 13.2 Å². The molecular weight excluding hydrogens is 320 g/mol. The Morgan fingerprint density at radius 1 is 1.67 bits per heavy atom. The van der Waals surface area contributed by atoms with Crippen LogP contribution in [0.5, 0.6) is 0 Å². The van der Waals surface area contributed by atoms with Gasteiger partial charge >= 0.3 is 0 Å². The summed E-state index contributed by atoms with van der Waals surface area (Å²) in [7, 11) is 1.65. The van der Waals surface area contributed by atoms with Crippen molar-refractivity contribution in [3.8, 4) is 0 Å². The lowest BCUT2D eigenvalue weighted by Crippen LogP contribution is -2.31. The maximum Gasteiger partial charge on any atom is 0.109 e. The Bertz CT molecular complexity index is 487. The quantitative estimate of drug-likeness (QED) is 0.597. The van der Waals surface area contributed by atoms with Crippen molar-refractivity contribution in [1.29, 1.82) is 0 Å². The Hall–Kier alpha value is -0.870. The highest BCUT2D eigenvalue weighted by Crippen LogP contribution is 2.27. The number of nitrogens with two attached hydrogens (primary N) is 1. The molecule has 18 heavy (non-hydrogen) atoms. The van der Waals surface area contributed by atoms with Gasteiger partial charge in [-0.3, -0.25) is 10.5 Å². The fourth-order valence-corrected chi connectivity index (χ4v) is 2.62. The van der Waals surface area contributed by atoms with Gasteiger partial charge in [-0.1, -0.05) is 4.49 Å². The summed E-state index contributed by atoms with van der Waals surface area (Å²) in [5.41, 5.74) is 4.41. The van der Waals surface area contributed by atoms with Crippen molar-refractivity contribution < 1.29 is 4.74 Å². The molecule has 2 heterocycles. The molecule has 2 rings (SSSR count). The first-order chi connectivity index (χ1) is 8.77. The van der Waals surface area contributed by atoms with Gasteiger partial charge in [-0.2, -0.15) is 5.10 Å². The maximum atomic E-state index is 5.62. The lowest BCUT2D eigenvalue weighted by atomic mass is 10.1. The predicted molar refractivity (Wildman–Crippen MR) is 70.9 cm³/mol. The van der Waals surface area contributed by atoms with Gasteiger partial charge in [0.05, 0.1) is 35.2 Å². The molecule has 0 aliphatic rings. The molecule has 0 bridgehead atoms. The molecule has 0 aliphatic carbocycles. The van der Waals surface area contributed by atoms with Gasteiger partial charge in [-0.05, 0) is 27.5 Å². The van der Waals surface area contributed by atoms with E-state index < -0.39 is 0 Å². The molecule has 0 saturated carbocycles. The van der Waals surface area contributed by atoms with E-state index in [1.807, 2.05) is 10.1 Å². The van der Waals surface area contributed by atoms with Gasteiger partial charge in [0.2, 0.25) is 0 Å². The molecule has 2 aromatic heterocycles. The average molecular weight is 333 g/mol. The van der Waals surface area contributed by atoms with E-state index >= 15 is 0 Å². The molecule has 3 N–H and O–H groups in total. The van der Waals surface area contributed by atoms with Gasteiger partial charge in [0.15, 0.2) is 0 Å². The summed E-state index contributed by atoms with van der Waals surface area (Å²) in [6.45, 7) is 1.22. The van der Waals surface area contributed by atoms with Crippen LogP contribution >= 0.6 is 27.5 Å². The molecule has 98 valence electrons. The number of rotatable bonds is 6. The summed E-state index contributed by atoms with van der Waals surface area (Å²) in [6.07, 6.45) is 1.73. The minimum atomic E-state index is -0.252. The molecule has 9 heteroatoms. The second kappa shape index (κ2) is 6.34. The lowest BCUT2D eigenvalue weighted by molar-refractivity contribution is 0.182. The second-order valence-corrected chi connectivity index (χ2v) is 4.99. The number of nitrogens with zero attached hydrogens (tertiary/aromatic N) is 4.